The second-order valence-corrected chi connectivity index (χ2v) is 5.45. The molecule has 130 valence electrons. The highest BCUT2D eigenvalue weighted by Crippen LogP contribution is 2.23. The van der Waals surface area contributed by atoms with E-state index in [1.165, 1.54) is 12.1 Å². The van der Waals surface area contributed by atoms with E-state index in [4.69, 9.17) is 5.41 Å². The van der Waals surface area contributed by atoms with Gasteiger partial charge in [-0.2, -0.15) is 0 Å². The van der Waals surface area contributed by atoms with Crippen molar-refractivity contribution in [2.75, 3.05) is 0 Å². The smallest absolute Gasteiger partial charge is 0.406 e. The number of carbonyl (C=O) groups is 1. The fourth-order valence-electron chi connectivity index (χ4n) is 2.62. The van der Waals surface area contributed by atoms with Gasteiger partial charge in [-0.1, -0.05) is 12.1 Å². The zero-order valence-corrected chi connectivity index (χ0v) is 13.2. The monoisotopic (exact) mass is 349 g/mol. The fraction of sp³-hybridized carbons (Fsp3) is 0.176. The van der Waals surface area contributed by atoms with Gasteiger partial charge in [-0.25, -0.2) is 0 Å². The number of aromatic nitrogens is 2. The number of hydrogen-bond acceptors (Lipinski definition) is 3. The molecular formula is C17H14F3N3O2. The Balaban J connectivity index is 1.86. The van der Waals surface area contributed by atoms with Crippen LogP contribution in [0.3, 0.4) is 0 Å². The van der Waals surface area contributed by atoms with E-state index in [2.05, 4.69) is 4.74 Å². The second-order valence-electron chi connectivity index (χ2n) is 5.45. The summed E-state index contributed by atoms with van der Waals surface area (Å²) in [6.45, 7) is -0.0837. The molecule has 5 nitrogen and oxygen atoms in total. The van der Waals surface area contributed by atoms with Gasteiger partial charge in [0, 0.05) is 12.6 Å². The van der Waals surface area contributed by atoms with Crippen molar-refractivity contribution in [3.63, 3.8) is 0 Å². The Morgan fingerprint density at radius 1 is 1.08 bits per heavy atom. The number of alkyl halides is 3. The van der Waals surface area contributed by atoms with E-state index in [0.29, 0.717) is 0 Å². The Labute approximate surface area is 140 Å². The van der Waals surface area contributed by atoms with Crippen LogP contribution in [0.15, 0.2) is 48.5 Å². The number of aryl methyl sites for hydroxylation is 1. The molecule has 0 atom stereocenters. The van der Waals surface area contributed by atoms with Gasteiger partial charge in [0.25, 0.3) is 0 Å². The number of carbonyl (C=O) groups excluding carboxylic acids is 1. The maximum Gasteiger partial charge on any atom is 0.573 e. The molecule has 3 rings (SSSR count). The van der Waals surface area contributed by atoms with Crippen molar-refractivity contribution in [2.24, 2.45) is 7.05 Å². The van der Waals surface area contributed by atoms with Gasteiger partial charge >= 0.3 is 6.36 Å². The molecule has 0 bridgehead atoms. The Hall–Kier alpha value is -3.03. The van der Waals surface area contributed by atoms with Crippen molar-refractivity contribution in [1.82, 2.24) is 9.13 Å². The summed E-state index contributed by atoms with van der Waals surface area (Å²) in [7, 11) is 1.73. The zero-order chi connectivity index (χ0) is 18.2. The lowest BCUT2D eigenvalue weighted by atomic mass is 10.1. The fourth-order valence-corrected chi connectivity index (χ4v) is 2.62. The third kappa shape index (κ3) is 3.42. The molecule has 0 aliphatic rings. The quantitative estimate of drug-likeness (QED) is 0.735. The normalized spacial score (nSPS) is 11.7. The number of rotatable bonds is 4. The molecular weight excluding hydrogens is 335 g/mol. The van der Waals surface area contributed by atoms with Crippen LogP contribution in [0.25, 0.3) is 11.0 Å². The van der Waals surface area contributed by atoms with Crippen LogP contribution in [0.2, 0.25) is 0 Å². The minimum atomic E-state index is -4.77. The molecule has 1 N–H and O–H groups in total. The molecule has 0 saturated heterocycles. The van der Waals surface area contributed by atoms with Gasteiger partial charge in [-0.15, -0.1) is 13.2 Å². The summed E-state index contributed by atoms with van der Waals surface area (Å²) in [6, 6.07) is 12.0. The van der Waals surface area contributed by atoms with Gasteiger partial charge in [-0.3, -0.25) is 10.2 Å². The molecule has 0 fully saturated rings. The topological polar surface area (TPSA) is 60.0 Å². The Kier molecular flexibility index (Phi) is 4.12. The molecule has 0 spiro atoms. The zero-order valence-electron chi connectivity index (χ0n) is 13.2. The number of halogens is 3. The maximum atomic E-state index is 12.4. The number of ether oxygens (including phenoxy) is 1. The Bertz CT molecular complexity index is 985. The lowest BCUT2D eigenvalue weighted by molar-refractivity contribution is -0.274. The molecule has 0 amide bonds. The first-order chi connectivity index (χ1) is 11.8. The van der Waals surface area contributed by atoms with Crippen LogP contribution in [-0.4, -0.2) is 21.3 Å². The predicted octanol–water partition coefficient (Wildman–Crippen LogP) is 3.24. The maximum absolute atomic E-state index is 12.4. The Morgan fingerprint density at radius 3 is 2.28 bits per heavy atom. The number of benzene rings is 2. The summed E-state index contributed by atoms with van der Waals surface area (Å²) in [5, 5.41) is 8.14. The number of nitrogens with zero attached hydrogens (tertiary/aromatic N) is 2. The van der Waals surface area contributed by atoms with Gasteiger partial charge in [0.05, 0.1) is 17.6 Å². The van der Waals surface area contributed by atoms with Crippen molar-refractivity contribution in [3.05, 3.63) is 59.7 Å². The molecule has 1 heterocycles. The van der Waals surface area contributed by atoms with E-state index < -0.39 is 6.36 Å². The molecule has 0 unspecified atom stereocenters. The van der Waals surface area contributed by atoms with Crippen molar-refractivity contribution in [2.45, 2.75) is 12.9 Å². The summed E-state index contributed by atoms with van der Waals surface area (Å²) >= 11 is 0. The van der Waals surface area contributed by atoms with Gasteiger partial charge in [0.15, 0.2) is 5.78 Å². The molecule has 1 aromatic heterocycles. The van der Waals surface area contributed by atoms with E-state index in [1.807, 2.05) is 18.2 Å². The standard InChI is InChI=1S/C17H14F3N3O2/c1-22-13-4-2-3-5-14(13)23(16(22)21)10-15(24)11-6-8-12(9-7-11)25-17(18,19)20/h2-9,21H,10H2,1H3. The minimum absolute atomic E-state index is 0.0837. The number of fused-ring (bicyclic) bond motifs is 1. The number of Topliss-reactive ketones (excluding diaryl/α,β-unsaturated/α-hetero) is 1. The number of nitrogens with one attached hydrogen (secondary N) is 1. The molecule has 3 aromatic rings. The lowest BCUT2D eigenvalue weighted by Crippen LogP contribution is -2.25. The van der Waals surface area contributed by atoms with Crippen molar-refractivity contribution in [1.29, 1.82) is 5.41 Å². The molecule has 0 aliphatic heterocycles. The summed E-state index contributed by atoms with van der Waals surface area (Å²) in [6.07, 6.45) is -4.77. The molecule has 2 aromatic carbocycles. The van der Waals surface area contributed by atoms with Crippen LogP contribution >= 0.6 is 0 Å². The third-order valence-corrected chi connectivity index (χ3v) is 3.82. The van der Waals surface area contributed by atoms with E-state index in [1.54, 1.807) is 22.2 Å². The first kappa shape index (κ1) is 16.8. The summed E-state index contributed by atoms with van der Waals surface area (Å²) in [5.74, 6) is -0.698. The first-order valence-electron chi connectivity index (χ1n) is 7.34. The molecule has 0 radical (unpaired) electrons. The van der Waals surface area contributed by atoms with Crippen LogP contribution < -0.4 is 10.4 Å². The third-order valence-electron chi connectivity index (χ3n) is 3.82. The highest BCUT2D eigenvalue weighted by Gasteiger charge is 2.31. The molecule has 25 heavy (non-hydrogen) atoms. The van der Waals surface area contributed by atoms with E-state index >= 15 is 0 Å². The first-order valence-corrected chi connectivity index (χ1v) is 7.34. The van der Waals surface area contributed by atoms with E-state index in [-0.39, 0.29) is 29.3 Å². The van der Waals surface area contributed by atoms with Gasteiger partial charge in [0.1, 0.15) is 5.75 Å². The highest BCUT2D eigenvalue weighted by atomic mass is 19.4. The van der Waals surface area contributed by atoms with Crippen LogP contribution in [0.5, 0.6) is 5.75 Å². The SMILES string of the molecule is Cn1c(=N)n(CC(=O)c2ccc(OC(F)(F)F)cc2)c2ccccc21. The van der Waals surface area contributed by atoms with Crippen LogP contribution in [0.1, 0.15) is 10.4 Å². The highest BCUT2D eigenvalue weighted by molar-refractivity contribution is 5.96. The van der Waals surface area contributed by atoms with Gasteiger partial charge < -0.3 is 13.9 Å². The van der Waals surface area contributed by atoms with E-state index in [0.717, 1.165) is 23.2 Å². The number of ketones is 1. The van der Waals surface area contributed by atoms with Crippen LogP contribution in [0.4, 0.5) is 13.2 Å². The number of hydrogen-bond donors (Lipinski definition) is 1. The summed E-state index contributed by atoms with van der Waals surface area (Å²) in [5.41, 5.74) is 1.95. The Morgan fingerprint density at radius 2 is 1.68 bits per heavy atom. The summed E-state index contributed by atoms with van der Waals surface area (Å²) in [4.78, 5) is 12.4. The number of imidazole rings is 1. The molecule has 0 saturated carbocycles. The summed E-state index contributed by atoms with van der Waals surface area (Å²) < 4.78 is 43.5. The van der Waals surface area contributed by atoms with Gasteiger partial charge in [-0.05, 0) is 36.4 Å². The molecule has 8 heteroatoms. The average Bonchev–Trinajstić information content (AvgIpc) is 2.79. The van der Waals surface area contributed by atoms with Crippen molar-refractivity contribution in [3.8, 4) is 5.75 Å². The molecule has 0 aliphatic carbocycles. The van der Waals surface area contributed by atoms with Crippen molar-refractivity contribution >= 4 is 16.8 Å². The predicted molar refractivity (Wildman–Crippen MR) is 84.2 cm³/mol. The van der Waals surface area contributed by atoms with E-state index in [9.17, 15) is 18.0 Å². The largest absolute Gasteiger partial charge is 0.573 e. The minimum Gasteiger partial charge on any atom is -0.406 e. The number of para-hydroxylation sites is 2. The lowest BCUT2D eigenvalue weighted by Gasteiger charge is -2.09. The van der Waals surface area contributed by atoms with Crippen LogP contribution in [-0.2, 0) is 13.6 Å². The second kappa shape index (κ2) is 6.12. The average molecular weight is 349 g/mol. The van der Waals surface area contributed by atoms with Crippen molar-refractivity contribution < 1.29 is 22.7 Å². The van der Waals surface area contributed by atoms with Gasteiger partial charge in [0.2, 0.25) is 5.62 Å². The van der Waals surface area contributed by atoms with Crippen LogP contribution in [0, 0.1) is 5.41 Å².